The van der Waals surface area contributed by atoms with Gasteiger partial charge in [-0.2, -0.15) is 0 Å². The number of thioether (sulfide) groups is 1. The number of aromatic hydroxyl groups is 1. The lowest BCUT2D eigenvalue weighted by molar-refractivity contribution is 0.232. The molecule has 0 bridgehead atoms. The average Bonchev–Trinajstić information content (AvgIpc) is 3.56. The van der Waals surface area contributed by atoms with Crippen LogP contribution in [0.4, 0.5) is 0 Å². The Labute approximate surface area is 263 Å². The van der Waals surface area contributed by atoms with Crippen LogP contribution in [0.15, 0.2) is 78.0 Å². The van der Waals surface area contributed by atoms with Crippen molar-refractivity contribution in [1.82, 2.24) is 15.0 Å². The normalized spacial score (nSPS) is 14.7. The number of benzene rings is 5. The summed E-state index contributed by atoms with van der Waals surface area (Å²) in [6.45, 7) is 5.09. The van der Waals surface area contributed by atoms with Gasteiger partial charge in [0.25, 0.3) is 0 Å². The zero-order valence-corrected chi connectivity index (χ0v) is 26.4. The van der Waals surface area contributed by atoms with Gasteiger partial charge in [0.05, 0.1) is 12.2 Å². The molecule has 1 heterocycles. The van der Waals surface area contributed by atoms with Crippen molar-refractivity contribution in [2.45, 2.75) is 75.6 Å². The summed E-state index contributed by atoms with van der Waals surface area (Å²) in [5.41, 5.74) is 1.56. The molecule has 1 saturated carbocycles. The van der Waals surface area contributed by atoms with Crippen molar-refractivity contribution in [1.29, 1.82) is 0 Å². The maximum atomic E-state index is 11.2. The van der Waals surface area contributed by atoms with Crippen molar-refractivity contribution < 1.29 is 9.84 Å². The molecule has 0 spiro atoms. The number of aromatic nitrogens is 3. The lowest BCUT2D eigenvalue weighted by Crippen LogP contribution is -2.11. The molecule has 0 radical (unpaired) electrons. The molecule has 224 valence electrons. The minimum absolute atomic E-state index is 0.119. The molecule has 1 aliphatic carbocycles. The Morgan fingerprint density at radius 2 is 1.50 bits per heavy atom. The van der Waals surface area contributed by atoms with Crippen molar-refractivity contribution in [2.24, 2.45) is 5.92 Å². The molecular formula is C38H39N3O2S. The predicted molar refractivity (Wildman–Crippen MR) is 183 cm³/mol. The molecular weight excluding hydrogens is 563 g/mol. The number of nitrogens with zero attached hydrogens (tertiary/aromatic N) is 3. The molecule has 1 N–H and O–H groups in total. The van der Waals surface area contributed by atoms with Crippen LogP contribution in [0.25, 0.3) is 55.1 Å². The van der Waals surface area contributed by atoms with E-state index in [1.54, 1.807) is 17.8 Å². The first-order valence-corrected chi connectivity index (χ1v) is 17.0. The van der Waals surface area contributed by atoms with Gasteiger partial charge >= 0.3 is 0 Å². The lowest BCUT2D eigenvalue weighted by Gasteiger charge is -2.16. The van der Waals surface area contributed by atoms with Crippen molar-refractivity contribution in [3.8, 4) is 34.3 Å². The first-order chi connectivity index (χ1) is 21.6. The topological polar surface area (TPSA) is 68.1 Å². The van der Waals surface area contributed by atoms with Gasteiger partial charge in [0.15, 0.2) is 16.8 Å². The fraction of sp³-hybridized carbons (Fsp3) is 0.342. The molecule has 6 aromatic rings. The summed E-state index contributed by atoms with van der Waals surface area (Å²) < 4.78 is 6.12. The SMILES string of the molecule is CCCCC(CC)COc1ccc(-c2nc(SC3CCCC3)nc(-c3ccc4ccc5cccc6ccc3c4c56)n2)c(O)c1. The largest absolute Gasteiger partial charge is 0.507 e. The van der Waals surface area contributed by atoms with Crippen molar-refractivity contribution in [3.05, 3.63) is 72.8 Å². The fourth-order valence-electron chi connectivity index (χ4n) is 6.64. The number of rotatable bonds is 11. The zero-order chi connectivity index (χ0) is 30.0. The molecule has 1 atom stereocenters. The van der Waals surface area contributed by atoms with E-state index in [0.29, 0.717) is 45.9 Å². The number of hydrogen-bond acceptors (Lipinski definition) is 6. The molecule has 6 heteroatoms. The Morgan fingerprint density at radius 3 is 2.23 bits per heavy atom. The molecule has 5 aromatic carbocycles. The van der Waals surface area contributed by atoms with E-state index in [-0.39, 0.29) is 5.75 Å². The lowest BCUT2D eigenvalue weighted by atomic mass is 9.92. The third-order valence-electron chi connectivity index (χ3n) is 9.20. The number of phenols is 1. The highest BCUT2D eigenvalue weighted by molar-refractivity contribution is 7.99. The van der Waals surface area contributed by atoms with Crippen molar-refractivity contribution >= 4 is 44.1 Å². The van der Waals surface area contributed by atoms with Crippen molar-refractivity contribution in [3.63, 3.8) is 0 Å². The molecule has 44 heavy (non-hydrogen) atoms. The molecule has 0 saturated heterocycles. The third-order valence-corrected chi connectivity index (χ3v) is 10.4. The highest BCUT2D eigenvalue weighted by Crippen LogP contribution is 2.41. The summed E-state index contributed by atoms with van der Waals surface area (Å²) in [7, 11) is 0. The van der Waals surface area contributed by atoms with E-state index in [0.717, 1.165) is 23.8 Å². The Morgan fingerprint density at radius 1 is 0.818 bits per heavy atom. The van der Waals surface area contributed by atoms with E-state index >= 15 is 0 Å². The molecule has 1 unspecified atom stereocenters. The standard InChI is InChI=1S/C38H39N3O2S/c1-3-5-9-24(4-2)23-43-28-18-21-32(33(42)22-28)37-39-36(40-38(41-37)44-29-12-6-7-13-29)31-20-17-27-15-14-25-10-8-11-26-16-19-30(31)35(27)34(25)26/h8,10-11,14-22,24,29,42H,3-7,9,12-13,23H2,1-2H3. The van der Waals surface area contributed by atoms with E-state index in [9.17, 15) is 5.11 Å². The van der Waals surface area contributed by atoms with Crippen LogP contribution in [0.1, 0.15) is 65.2 Å². The molecule has 1 aromatic heterocycles. The van der Waals surface area contributed by atoms with E-state index in [2.05, 4.69) is 68.4 Å². The second-order valence-electron chi connectivity index (χ2n) is 12.2. The first-order valence-electron chi connectivity index (χ1n) is 16.2. The van der Waals surface area contributed by atoms with Gasteiger partial charge in [-0.1, -0.05) is 106 Å². The molecule has 7 rings (SSSR count). The van der Waals surface area contributed by atoms with Crippen LogP contribution in [-0.2, 0) is 0 Å². The van der Waals surface area contributed by atoms with E-state index < -0.39 is 0 Å². The van der Waals surface area contributed by atoms with Gasteiger partial charge in [-0.25, -0.2) is 15.0 Å². The molecule has 1 fully saturated rings. The van der Waals surface area contributed by atoms with Gasteiger partial charge in [0.2, 0.25) is 0 Å². The summed E-state index contributed by atoms with van der Waals surface area (Å²) in [6.07, 6.45) is 9.49. The smallest absolute Gasteiger partial charge is 0.191 e. The van der Waals surface area contributed by atoms with Gasteiger partial charge in [0, 0.05) is 16.9 Å². The van der Waals surface area contributed by atoms with Crippen LogP contribution in [0.5, 0.6) is 11.5 Å². The highest BCUT2D eigenvalue weighted by Gasteiger charge is 2.22. The van der Waals surface area contributed by atoms with Crippen LogP contribution in [0.3, 0.4) is 0 Å². The van der Waals surface area contributed by atoms with Crippen molar-refractivity contribution in [2.75, 3.05) is 6.61 Å². The molecule has 1 aliphatic rings. The summed E-state index contributed by atoms with van der Waals surface area (Å²) in [6, 6.07) is 25.1. The van der Waals surface area contributed by atoms with Gasteiger partial charge in [0.1, 0.15) is 11.5 Å². The van der Waals surface area contributed by atoms with E-state index in [4.69, 9.17) is 19.7 Å². The number of unbranched alkanes of at least 4 members (excludes halogenated alkanes) is 1. The summed E-state index contributed by atoms with van der Waals surface area (Å²) >= 11 is 1.74. The maximum Gasteiger partial charge on any atom is 0.191 e. The number of ether oxygens (including phenoxy) is 1. The second kappa shape index (κ2) is 12.6. The number of hydrogen-bond donors (Lipinski definition) is 1. The summed E-state index contributed by atoms with van der Waals surface area (Å²) in [5, 5.41) is 19.7. The second-order valence-corrected chi connectivity index (χ2v) is 13.4. The fourth-order valence-corrected chi connectivity index (χ4v) is 7.78. The van der Waals surface area contributed by atoms with Gasteiger partial charge in [-0.3, -0.25) is 0 Å². The Kier molecular flexibility index (Phi) is 8.26. The molecule has 0 amide bonds. The van der Waals surface area contributed by atoms with Gasteiger partial charge < -0.3 is 9.84 Å². The number of phenolic OH excluding ortho intramolecular Hbond substituents is 1. The monoisotopic (exact) mass is 601 g/mol. The first kappa shape index (κ1) is 28.8. The van der Waals surface area contributed by atoms with Crippen LogP contribution in [0, 0.1) is 5.92 Å². The van der Waals surface area contributed by atoms with E-state index in [1.165, 1.54) is 65.5 Å². The Balaban J connectivity index is 1.29. The predicted octanol–water partition coefficient (Wildman–Crippen LogP) is 10.4. The van der Waals surface area contributed by atoms with E-state index in [1.807, 2.05) is 12.1 Å². The van der Waals surface area contributed by atoms with Crippen LogP contribution in [-0.4, -0.2) is 31.9 Å². The van der Waals surface area contributed by atoms with Crippen LogP contribution < -0.4 is 4.74 Å². The summed E-state index contributed by atoms with van der Waals surface area (Å²) in [5.74, 6) is 2.43. The minimum atomic E-state index is 0.119. The van der Waals surface area contributed by atoms with Gasteiger partial charge in [-0.15, -0.1) is 0 Å². The van der Waals surface area contributed by atoms with Crippen LogP contribution in [0.2, 0.25) is 0 Å². The Hall–Kier alpha value is -3.90. The average molecular weight is 602 g/mol. The maximum absolute atomic E-state index is 11.2. The Bertz CT molecular complexity index is 1900. The highest BCUT2D eigenvalue weighted by atomic mass is 32.2. The summed E-state index contributed by atoms with van der Waals surface area (Å²) in [4.78, 5) is 15.0. The third kappa shape index (κ3) is 5.68. The van der Waals surface area contributed by atoms with Crippen LogP contribution >= 0.6 is 11.8 Å². The minimum Gasteiger partial charge on any atom is -0.507 e. The quantitative estimate of drug-likeness (QED) is 0.149. The molecule has 5 nitrogen and oxygen atoms in total. The zero-order valence-electron chi connectivity index (χ0n) is 25.6. The molecule has 0 aliphatic heterocycles. The van der Waals surface area contributed by atoms with Gasteiger partial charge in [-0.05, 0) is 75.7 Å².